The van der Waals surface area contributed by atoms with Gasteiger partial charge in [-0.25, -0.2) is 9.78 Å². The number of allylic oxidation sites excluding steroid dienone is 1. The van der Waals surface area contributed by atoms with Gasteiger partial charge in [-0.05, 0) is 38.5 Å². The van der Waals surface area contributed by atoms with Gasteiger partial charge in [-0.3, -0.25) is 0 Å². The van der Waals surface area contributed by atoms with Crippen LogP contribution in [0.1, 0.15) is 26.3 Å². The maximum absolute atomic E-state index is 11.6. The van der Waals surface area contributed by atoms with Crippen LogP contribution in [0.4, 0.5) is 17.5 Å². The van der Waals surface area contributed by atoms with E-state index in [0.717, 1.165) is 16.8 Å². The highest BCUT2D eigenvalue weighted by atomic mass is 16.5. The molecule has 2 aromatic rings. The molecule has 2 N–H and O–H groups in total. The summed E-state index contributed by atoms with van der Waals surface area (Å²) < 4.78 is 4.95. The van der Waals surface area contributed by atoms with Crippen molar-refractivity contribution in [2.45, 2.75) is 20.8 Å². The monoisotopic (exact) mass is 326 g/mol. The molecule has 24 heavy (non-hydrogen) atoms. The van der Waals surface area contributed by atoms with Gasteiger partial charge in [-0.15, -0.1) is 0 Å². The topological polar surface area (TPSA) is 76.1 Å². The quantitative estimate of drug-likeness (QED) is 0.598. The van der Waals surface area contributed by atoms with Crippen molar-refractivity contribution < 1.29 is 9.53 Å². The lowest BCUT2D eigenvalue weighted by molar-refractivity contribution is -0.137. The Bertz CT molecular complexity index is 714. The van der Waals surface area contributed by atoms with Crippen LogP contribution in [-0.2, 0) is 9.53 Å². The SMILES string of the molecule is CCNc1nc(Nc2ccccc2)ncc1C(C)=CC(=O)OCC. The zero-order valence-electron chi connectivity index (χ0n) is 14.2. The first-order chi connectivity index (χ1) is 11.6. The van der Waals surface area contributed by atoms with Gasteiger partial charge in [0.05, 0.1) is 6.61 Å². The smallest absolute Gasteiger partial charge is 0.331 e. The van der Waals surface area contributed by atoms with Gasteiger partial charge in [-0.1, -0.05) is 18.2 Å². The van der Waals surface area contributed by atoms with E-state index in [9.17, 15) is 4.79 Å². The first-order valence-corrected chi connectivity index (χ1v) is 7.92. The summed E-state index contributed by atoms with van der Waals surface area (Å²) in [5, 5.41) is 6.36. The minimum atomic E-state index is -0.371. The molecule has 0 bridgehead atoms. The van der Waals surface area contributed by atoms with Crippen molar-refractivity contribution in [3.63, 3.8) is 0 Å². The van der Waals surface area contributed by atoms with E-state index in [-0.39, 0.29) is 5.97 Å². The molecule has 2 rings (SSSR count). The van der Waals surface area contributed by atoms with Crippen LogP contribution in [0.3, 0.4) is 0 Å². The third-order valence-corrected chi connectivity index (χ3v) is 3.21. The van der Waals surface area contributed by atoms with Crippen molar-refractivity contribution in [3.05, 3.63) is 48.2 Å². The van der Waals surface area contributed by atoms with Crippen LogP contribution >= 0.6 is 0 Å². The molecule has 0 spiro atoms. The highest BCUT2D eigenvalue weighted by molar-refractivity contribution is 5.92. The number of hydrogen-bond acceptors (Lipinski definition) is 6. The number of ether oxygens (including phenoxy) is 1. The van der Waals surface area contributed by atoms with Gasteiger partial charge in [0.15, 0.2) is 0 Å². The molecule has 6 heteroatoms. The third kappa shape index (κ3) is 4.81. The van der Waals surface area contributed by atoms with Crippen LogP contribution in [0, 0.1) is 0 Å². The Morgan fingerprint density at radius 2 is 2.00 bits per heavy atom. The summed E-state index contributed by atoms with van der Waals surface area (Å²) >= 11 is 0. The van der Waals surface area contributed by atoms with Crippen molar-refractivity contribution in [1.82, 2.24) is 9.97 Å². The number of carbonyl (C=O) groups is 1. The lowest BCUT2D eigenvalue weighted by atomic mass is 10.1. The predicted molar refractivity (Wildman–Crippen MR) is 96.2 cm³/mol. The Balaban J connectivity index is 2.27. The van der Waals surface area contributed by atoms with Gasteiger partial charge >= 0.3 is 5.97 Å². The maximum Gasteiger partial charge on any atom is 0.331 e. The van der Waals surface area contributed by atoms with Crippen molar-refractivity contribution >= 4 is 29.0 Å². The fourth-order valence-corrected chi connectivity index (χ4v) is 2.12. The van der Waals surface area contributed by atoms with E-state index < -0.39 is 0 Å². The average molecular weight is 326 g/mol. The predicted octanol–water partition coefficient (Wildman–Crippen LogP) is 3.62. The van der Waals surface area contributed by atoms with E-state index in [0.29, 0.717) is 24.9 Å². The molecule has 0 unspecified atom stereocenters. The second-order valence-corrected chi connectivity index (χ2v) is 5.06. The van der Waals surface area contributed by atoms with E-state index >= 15 is 0 Å². The summed E-state index contributed by atoms with van der Waals surface area (Å²) in [5.41, 5.74) is 2.42. The number of hydrogen-bond donors (Lipinski definition) is 2. The molecule has 0 aliphatic heterocycles. The number of benzene rings is 1. The molecule has 0 atom stereocenters. The lowest BCUT2D eigenvalue weighted by Gasteiger charge is -2.12. The lowest BCUT2D eigenvalue weighted by Crippen LogP contribution is -2.07. The second kappa shape index (κ2) is 8.67. The van der Waals surface area contributed by atoms with Gasteiger partial charge in [-0.2, -0.15) is 4.98 Å². The Morgan fingerprint density at radius 3 is 2.67 bits per heavy atom. The molecule has 6 nitrogen and oxygen atoms in total. The Labute approximate surface area is 142 Å². The van der Waals surface area contributed by atoms with Gasteiger partial charge in [0, 0.05) is 30.1 Å². The Kier molecular flexibility index (Phi) is 6.31. The van der Waals surface area contributed by atoms with Crippen LogP contribution in [-0.4, -0.2) is 29.1 Å². The molecule has 126 valence electrons. The highest BCUT2D eigenvalue weighted by Gasteiger charge is 2.10. The van der Waals surface area contributed by atoms with E-state index in [1.807, 2.05) is 44.2 Å². The molecule has 0 amide bonds. The summed E-state index contributed by atoms with van der Waals surface area (Å²) in [4.78, 5) is 20.5. The van der Waals surface area contributed by atoms with Crippen molar-refractivity contribution in [2.75, 3.05) is 23.8 Å². The molecule has 1 aromatic carbocycles. The van der Waals surface area contributed by atoms with E-state index in [2.05, 4.69) is 20.6 Å². The Morgan fingerprint density at radius 1 is 1.25 bits per heavy atom. The number of nitrogens with one attached hydrogen (secondary N) is 2. The maximum atomic E-state index is 11.6. The zero-order valence-corrected chi connectivity index (χ0v) is 14.2. The van der Waals surface area contributed by atoms with Crippen molar-refractivity contribution in [3.8, 4) is 0 Å². The molecular formula is C18H22N4O2. The first kappa shape index (κ1) is 17.5. The number of aromatic nitrogens is 2. The number of nitrogens with zero attached hydrogens (tertiary/aromatic N) is 2. The van der Waals surface area contributed by atoms with Crippen molar-refractivity contribution in [1.29, 1.82) is 0 Å². The van der Waals surface area contributed by atoms with Gasteiger partial charge in [0.1, 0.15) is 5.82 Å². The average Bonchev–Trinajstić information content (AvgIpc) is 2.56. The second-order valence-electron chi connectivity index (χ2n) is 5.06. The molecule has 0 radical (unpaired) electrons. The van der Waals surface area contributed by atoms with Crippen LogP contribution in [0.25, 0.3) is 5.57 Å². The summed E-state index contributed by atoms with van der Waals surface area (Å²) in [5.74, 6) is 0.790. The molecular weight excluding hydrogens is 304 g/mol. The normalized spacial score (nSPS) is 11.0. The first-order valence-electron chi connectivity index (χ1n) is 7.92. The molecule has 0 aliphatic carbocycles. The molecule has 0 fully saturated rings. The standard InChI is InChI=1S/C18H22N4O2/c1-4-19-17-15(13(3)11-16(23)24-5-2)12-20-18(22-17)21-14-9-7-6-8-10-14/h6-12H,4-5H2,1-3H3,(H2,19,20,21,22). The van der Waals surface area contributed by atoms with Crippen LogP contribution < -0.4 is 10.6 Å². The molecule has 0 saturated carbocycles. The minimum absolute atomic E-state index is 0.346. The number of rotatable bonds is 7. The molecule has 1 heterocycles. The fraction of sp³-hybridized carbons (Fsp3) is 0.278. The molecule has 1 aromatic heterocycles. The minimum Gasteiger partial charge on any atom is -0.463 e. The van der Waals surface area contributed by atoms with E-state index in [1.165, 1.54) is 6.08 Å². The summed E-state index contributed by atoms with van der Waals surface area (Å²) in [6.07, 6.45) is 3.15. The number of para-hydroxylation sites is 1. The van der Waals surface area contributed by atoms with Crippen molar-refractivity contribution in [2.24, 2.45) is 0 Å². The van der Waals surface area contributed by atoms with E-state index in [4.69, 9.17) is 4.74 Å². The summed E-state index contributed by atoms with van der Waals surface area (Å²) in [6.45, 7) is 6.65. The number of carbonyl (C=O) groups excluding carboxylic acids is 1. The fourth-order valence-electron chi connectivity index (χ4n) is 2.12. The highest BCUT2D eigenvalue weighted by Crippen LogP contribution is 2.23. The van der Waals surface area contributed by atoms with Gasteiger partial charge in [0.2, 0.25) is 5.95 Å². The molecule has 0 aliphatic rings. The van der Waals surface area contributed by atoms with Crippen LogP contribution in [0.15, 0.2) is 42.6 Å². The number of anilines is 3. The summed E-state index contributed by atoms with van der Waals surface area (Å²) in [7, 11) is 0. The Hall–Kier alpha value is -2.89. The molecule has 0 saturated heterocycles. The largest absolute Gasteiger partial charge is 0.463 e. The number of esters is 1. The van der Waals surface area contributed by atoms with E-state index in [1.54, 1.807) is 13.1 Å². The summed E-state index contributed by atoms with van der Waals surface area (Å²) in [6, 6.07) is 9.71. The van der Waals surface area contributed by atoms with Gasteiger partial charge in [0.25, 0.3) is 0 Å². The van der Waals surface area contributed by atoms with Gasteiger partial charge < -0.3 is 15.4 Å². The third-order valence-electron chi connectivity index (χ3n) is 3.21. The zero-order chi connectivity index (χ0) is 17.4. The van der Waals surface area contributed by atoms with Crippen LogP contribution in [0.5, 0.6) is 0 Å². The van der Waals surface area contributed by atoms with Crippen LogP contribution in [0.2, 0.25) is 0 Å².